The Morgan fingerprint density at radius 1 is 1.21 bits per heavy atom. The van der Waals surface area contributed by atoms with Gasteiger partial charge in [-0.15, -0.1) is 0 Å². The maximum atomic E-state index is 9.50. The predicted molar refractivity (Wildman–Crippen MR) is 76.8 cm³/mol. The van der Waals surface area contributed by atoms with Crippen molar-refractivity contribution in [2.24, 2.45) is 0 Å². The molecule has 1 aliphatic carbocycles. The summed E-state index contributed by atoms with van der Waals surface area (Å²) in [5.74, 6) is 0.639. The predicted octanol–water partition coefficient (Wildman–Crippen LogP) is 1.80. The molecule has 4 nitrogen and oxygen atoms in total. The van der Waals surface area contributed by atoms with E-state index in [1.54, 1.807) is 11.3 Å². The zero-order chi connectivity index (χ0) is 12.8. The van der Waals surface area contributed by atoms with Crippen LogP contribution >= 0.6 is 11.3 Å². The van der Waals surface area contributed by atoms with Gasteiger partial charge in [-0.1, -0.05) is 11.3 Å². The Morgan fingerprint density at radius 2 is 2.11 bits per heavy atom. The van der Waals surface area contributed by atoms with Crippen LogP contribution in [0.5, 0.6) is 0 Å². The Kier molecular flexibility index (Phi) is 3.01. The Morgan fingerprint density at radius 3 is 2.89 bits per heavy atom. The van der Waals surface area contributed by atoms with Crippen molar-refractivity contribution in [1.82, 2.24) is 9.88 Å². The number of nitrogens with zero attached hydrogens (tertiary/aromatic N) is 3. The molecule has 0 radical (unpaired) electrons. The number of aliphatic hydroxyl groups excluding tert-OH is 1. The van der Waals surface area contributed by atoms with Gasteiger partial charge in [0.15, 0.2) is 5.13 Å². The lowest BCUT2D eigenvalue weighted by molar-refractivity contribution is 0.231. The van der Waals surface area contributed by atoms with Crippen LogP contribution in [-0.2, 0) is 6.61 Å². The van der Waals surface area contributed by atoms with Gasteiger partial charge in [-0.25, -0.2) is 4.98 Å². The monoisotopic (exact) mass is 279 g/mol. The average molecular weight is 279 g/mol. The van der Waals surface area contributed by atoms with E-state index in [2.05, 4.69) is 9.80 Å². The number of aromatic nitrogens is 1. The largest absolute Gasteiger partial charge is 0.391 e. The summed E-state index contributed by atoms with van der Waals surface area (Å²) in [6, 6.07) is 0.736. The molecular weight excluding hydrogens is 258 g/mol. The maximum absolute atomic E-state index is 9.50. The smallest absolute Gasteiger partial charge is 0.185 e. The van der Waals surface area contributed by atoms with E-state index in [1.807, 2.05) is 0 Å². The van der Waals surface area contributed by atoms with Crippen molar-refractivity contribution in [3.63, 3.8) is 0 Å². The molecule has 1 aromatic rings. The van der Waals surface area contributed by atoms with Crippen molar-refractivity contribution >= 4 is 16.5 Å². The van der Waals surface area contributed by atoms with Crippen LogP contribution in [0.1, 0.15) is 42.2 Å². The molecule has 5 heteroatoms. The molecule has 104 valence electrons. The summed E-state index contributed by atoms with van der Waals surface area (Å²) in [7, 11) is 0. The number of rotatable bonds is 3. The number of anilines is 1. The molecule has 3 heterocycles. The highest BCUT2D eigenvalue weighted by Gasteiger charge is 2.34. The van der Waals surface area contributed by atoms with E-state index in [0.29, 0.717) is 5.92 Å². The van der Waals surface area contributed by atoms with E-state index in [9.17, 15) is 5.11 Å². The second-order valence-electron chi connectivity index (χ2n) is 6.02. The van der Waals surface area contributed by atoms with Gasteiger partial charge >= 0.3 is 0 Å². The highest BCUT2D eigenvalue weighted by atomic mass is 32.1. The number of hydrogen-bond donors (Lipinski definition) is 1. The summed E-state index contributed by atoms with van der Waals surface area (Å²) in [5, 5.41) is 10.7. The molecule has 2 aliphatic heterocycles. The molecule has 0 spiro atoms. The van der Waals surface area contributed by atoms with Crippen LogP contribution in [0.25, 0.3) is 0 Å². The number of thiazole rings is 1. The number of hydrogen-bond acceptors (Lipinski definition) is 5. The van der Waals surface area contributed by atoms with Crippen molar-refractivity contribution in [2.45, 2.75) is 44.2 Å². The lowest BCUT2D eigenvalue weighted by Gasteiger charge is -2.37. The first kappa shape index (κ1) is 12.1. The summed E-state index contributed by atoms with van der Waals surface area (Å²) >= 11 is 1.71. The van der Waals surface area contributed by atoms with Gasteiger partial charge in [0.05, 0.1) is 17.2 Å². The Hall–Kier alpha value is -0.650. The molecule has 4 rings (SSSR count). The number of piperazine rings is 1. The molecule has 0 bridgehead atoms. The molecule has 0 amide bonds. The van der Waals surface area contributed by atoms with Gasteiger partial charge in [0.2, 0.25) is 0 Å². The fourth-order valence-corrected chi connectivity index (χ4v) is 4.48. The van der Waals surface area contributed by atoms with Crippen molar-refractivity contribution in [2.75, 3.05) is 31.1 Å². The first-order chi connectivity index (χ1) is 9.35. The third-order valence-electron chi connectivity index (χ3n) is 4.68. The zero-order valence-electron chi connectivity index (χ0n) is 11.2. The SMILES string of the molecule is OCc1sc(N2CCN3CCCC3C2)nc1C1CC1. The van der Waals surface area contributed by atoms with Crippen LogP contribution < -0.4 is 4.90 Å². The minimum absolute atomic E-state index is 0.160. The summed E-state index contributed by atoms with van der Waals surface area (Å²) in [6.45, 7) is 4.84. The van der Waals surface area contributed by atoms with Crippen LogP contribution in [0, 0.1) is 0 Å². The summed E-state index contributed by atoms with van der Waals surface area (Å²) in [6.07, 6.45) is 5.20. The molecule has 1 unspecified atom stereocenters. The van der Waals surface area contributed by atoms with E-state index in [1.165, 1.54) is 44.5 Å². The van der Waals surface area contributed by atoms with Gasteiger partial charge in [0.25, 0.3) is 0 Å². The Labute approximate surface area is 118 Å². The number of aliphatic hydroxyl groups is 1. The number of fused-ring (bicyclic) bond motifs is 1. The molecular formula is C14H21N3OS. The first-order valence-corrected chi connectivity index (χ1v) is 8.26. The fourth-order valence-electron chi connectivity index (χ4n) is 3.44. The quantitative estimate of drug-likeness (QED) is 0.916. The Balaban J connectivity index is 1.55. The normalized spacial score (nSPS) is 27.8. The Bertz CT molecular complexity index is 471. The summed E-state index contributed by atoms with van der Waals surface area (Å²) in [5.41, 5.74) is 1.19. The molecule has 1 aromatic heterocycles. The van der Waals surface area contributed by atoms with Crippen LogP contribution in [-0.4, -0.2) is 47.2 Å². The standard InChI is InChI=1S/C14H21N3OS/c18-9-12-13(10-3-4-10)15-14(19-12)17-7-6-16-5-1-2-11(16)8-17/h10-11,18H,1-9H2. The lowest BCUT2D eigenvalue weighted by Crippen LogP contribution is -2.50. The summed E-state index contributed by atoms with van der Waals surface area (Å²) < 4.78 is 0. The second kappa shape index (κ2) is 4.72. The van der Waals surface area contributed by atoms with E-state index in [4.69, 9.17) is 4.98 Å². The summed E-state index contributed by atoms with van der Waals surface area (Å²) in [4.78, 5) is 11.0. The molecule has 1 saturated carbocycles. The van der Waals surface area contributed by atoms with E-state index in [0.717, 1.165) is 29.1 Å². The van der Waals surface area contributed by atoms with E-state index in [-0.39, 0.29) is 6.61 Å². The van der Waals surface area contributed by atoms with Crippen LogP contribution in [0.2, 0.25) is 0 Å². The van der Waals surface area contributed by atoms with Crippen molar-refractivity contribution in [1.29, 1.82) is 0 Å². The van der Waals surface area contributed by atoms with Crippen molar-refractivity contribution in [3.05, 3.63) is 10.6 Å². The third-order valence-corrected chi connectivity index (χ3v) is 5.80. The van der Waals surface area contributed by atoms with Gasteiger partial charge in [-0.05, 0) is 32.2 Å². The molecule has 2 saturated heterocycles. The van der Waals surface area contributed by atoms with E-state index < -0.39 is 0 Å². The van der Waals surface area contributed by atoms with E-state index >= 15 is 0 Å². The first-order valence-electron chi connectivity index (χ1n) is 7.44. The minimum atomic E-state index is 0.160. The molecule has 3 aliphatic rings. The fraction of sp³-hybridized carbons (Fsp3) is 0.786. The average Bonchev–Trinajstić information content (AvgIpc) is 3.03. The van der Waals surface area contributed by atoms with Crippen molar-refractivity contribution < 1.29 is 5.11 Å². The lowest BCUT2D eigenvalue weighted by atomic mass is 10.2. The van der Waals surface area contributed by atoms with Crippen LogP contribution in [0.15, 0.2) is 0 Å². The zero-order valence-corrected chi connectivity index (χ0v) is 12.0. The van der Waals surface area contributed by atoms with Gasteiger partial charge in [0, 0.05) is 31.6 Å². The molecule has 3 fully saturated rings. The van der Waals surface area contributed by atoms with Gasteiger partial charge < -0.3 is 10.0 Å². The van der Waals surface area contributed by atoms with Gasteiger partial charge in [-0.3, -0.25) is 4.90 Å². The molecule has 1 atom stereocenters. The maximum Gasteiger partial charge on any atom is 0.185 e. The molecule has 0 aromatic carbocycles. The van der Waals surface area contributed by atoms with Crippen LogP contribution in [0.3, 0.4) is 0 Å². The highest BCUT2D eigenvalue weighted by molar-refractivity contribution is 7.15. The molecule has 19 heavy (non-hydrogen) atoms. The topological polar surface area (TPSA) is 39.6 Å². The van der Waals surface area contributed by atoms with Gasteiger partial charge in [0.1, 0.15) is 0 Å². The van der Waals surface area contributed by atoms with Crippen LogP contribution in [0.4, 0.5) is 5.13 Å². The molecule has 1 N–H and O–H groups in total. The van der Waals surface area contributed by atoms with Gasteiger partial charge in [-0.2, -0.15) is 0 Å². The third kappa shape index (κ3) is 2.18. The van der Waals surface area contributed by atoms with Crippen molar-refractivity contribution in [3.8, 4) is 0 Å². The highest BCUT2D eigenvalue weighted by Crippen LogP contribution is 2.44. The second-order valence-corrected chi connectivity index (χ2v) is 7.08. The minimum Gasteiger partial charge on any atom is -0.391 e.